The van der Waals surface area contributed by atoms with Gasteiger partial charge in [-0.1, -0.05) is 0 Å². The topological polar surface area (TPSA) is 17.8 Å². The van der Waals surface area contributed by atoms with Crippen LogP contribution in [0.25, 0.3) is 16.7 Å². The molecule has 0 bridgehead atoms. The summed E-state index contributed by atoms with van der Waals surface area (Å²) in [4.78, 5) is 4.33. The van der Waals surface area contributed by atoms with Crippen LogP contribution in [0.4, 0.5) is 13.2 Å². The van der Waals surface area contributed by atoms with Crippen LogP contribution in [0.2, 0.25) is 0 Å². The molecule has 0 fully saturated rings. The molecule has 21 heavy (non-hydrogen) atoms. The van der Waals surface area contributed by atoms with Crippen molar-refractivity contribution in [2.24, 2.45) is 0 Å². The van der Waals surface area contributed by atoms with Gasteiger partial charge in [-0.15, -0.1) is 11.6 Å². The first kappa shape index (κ1) is 13.9. The second kappa shape index (κ2) is 5.07. The Morgan fingerprint density at radius 1 is 1.05 bits per heavy atom. The standard InChI is InChI=1S/C15H10ClF3N2/c1-8(16)15-20-13-5-2-9(17)6-14(13)21(15)10-3-4-11(18)12(19)7-10/h2-8H,1H3. The Morgan fingerprint density at radius 2 is 1.81 bits per heavy atom. The molecule has 1 aromatic heterocycles. The van der Waals surface area contributed by atoms with Crippen molar-refractivity contribution in [3.05, 3.63) is 59.7 Å². The summed E-state index contributed by atoms with van der Waals surface area (Å²) in [6.45, 7) is 1.70. The van der Waals surface area contributed by atoms with Crippen LogP contribution in [0, 0.1) is 17.5 Å². The molecule has 0 spiro atoms. The Hall–Kier alpha value is -2.01. The number of imidazole rings is 1. The highest BCUT2D eigenvalue weighted by Crippen LogP contribution is 2.29. The van der Waals surface area contributed by atoms with Crippen molar-refractivity contribution in [1.82, 2.24) is 9.55 Å². The summed E-state index contributed by atoms with van der Waals surface area (Å²) in [7, 11) is 0. The lowest BCUT2D eigenvalue weighted by Crippen LogP contribution is -2.03. The Morgan fingerprint density at radius 3 is 2.48 bits per heavy atom. The molecule has 3 rings (SSSR count). The van der Waals surface area contributed by atoms with Gasteiger partial charge in [0.2, 0.25) is 0 Å². The first-order valence-corrected chi connectivity index (χ1v) is 6.68. The van der Waals surface area contributed by atoms with Crippen LogP contribution in [-0.2, 0) is 0 Å². The van der Waals surface area contributed by atoms with E-state index in [9.17, 15) is 13.2 Å². The fraction of sp³-hybridized carbons (Fsp3) is 0.133. The maximum atomic E-state index is 13.5. The minimum Gasteiger partial charge on any atom is -0.295 e. The Labute approximate surface area is 123 Å². The molecule has 2 nitrogen and oxygen atoms in total. The molecule has 108 valence electrons. The SMILES string of the molecule is CC(Cl)c1nc2ccc(F)cc2n1-c1ccc(F)c(F)c1. The molecule has 6 heteroatoms. The Bertz CT molecular complexity index is 827. The number of aromatic nitrogens is 2. The second-order valence-corrected chi connectivity index (χ2v) is 5.31. The van der Waals surface area contributed by atoms with Crippen molar-refractivity contribution in [2.75, 3.05) is 0 Å². The summed E-state index contributed by atoms with van der Waals surface area (Å²) < 4.78 is 41.6. The molecule has 0 aliphatic heterocycles. The van der Waals surface area contributed by atoms with Gasteiger partial charge < -0.3 is 0 Å². The predicted molar refractivity (Wildman–Crippen MR) is 75.2 cm³/mol. The predicted octanol–water partition coefficient (Wildman–Crippen LogP) is 4.74. The zero-order valence-electron chi connectivity index (χ0n) is 10.9. The van der Waals surface area contributed by atoms with Gasteiger partial charge in [0, 0.05) is 12.1 Å². The van der Waals surface area contributed by atoms with Gasteiger partial charge in [-0.25, -0.2) is 18.2 Å². The third-order valence-electron chi connectivity index (χ3n) is 3.16. The van der Waals surface area contributed by atoms with Gasteiger partial charge in [0.25, 0.3) is 0 Å². The number of nitrogens with zero attached hydrogens (tertiary/aromatic N) is 2. The minimum absolute atomic E-state index is 0.338. The lowest BCUT2D eigenvalue weighted by atomic mass is 10.2. The molecule has 0 N–H and O–H groups in total. The Kier molecular flexibility index (Phi) is 3.37. The summed E-state index contributed by atoms with van der Waals surface area (Å²) >= 11 is 6.10. The van der Waals surface area contributed by atoms with Crippen LogP contribution in [0.5, 0.6) is 0 Å². The monoisotopic (exact) mass is 310 g/mol. The summed E-state index contributed by atoms with van der Waals surface area (Å²) in [6, 6.07) is 7.53. The summed E-state index contributed by atoms with van der Waals surface area (Å²) in [5, 5.41) is -0.478. The molecule has 0 saturated heterocycles. The smallest absolute Gasteiger partial charge is 0.160 e. The van der Waals surface area contributed by atoms with Gasteiger partial charge in [0.05, 0.1) is 22.1 Å². The van der Waals surface area contributed by atoms with Crippen molar-refractivity contribution >= 4 is 22.6 Å². The quantitative estimate of drug-likeness (QED) is 0.625. The van der Waals surface area contributed by atoms with E-state index in [1.165, 1.54) is 28.8 Å². The number of fused-ring (bicyclic) bond motifs is 1. The lowest BCUT2D eigenvalue weighted by molar-refractivity contribution is 0.508. The number of hydrogen-bond donors (Lipinski definition) is 0. The summed E-state index contributed by atoms with van der Waals surface area (Å²) in [5.41, 5.74) is 1.32. The number of benzene rings is 2. The minimum atomic E-state index is -0.987. The maximum absolute atomic E-state index is 13.5. The maximum Gasteiger partial charge on any atom is 0.160 e. The molecule has 0 amide bonds. The van der Waals surface area contributed by atoms with Crippen LogP contribution in [-0.4, -0.2) is 9.55 Å². The fourth-order valence-electron chi connectivity index (χ4n) is 2.23. The van der Waals surface area contributed by atoms with Crippen LogP contribution in [0.15, 0.2) is 36.4 Å². The third kappa shape index (κ3) is 2.38. The average molecular weight is 311 g/mol. The van der Waals surface area contributed by atoms with Gasteiger partial charge in [0.15, 0.2) is 11.6 Å². The van der Waals surface area contributed by atoms with Crippen molar-refractivity contribution < 1.29 is 13.2 Å². The summed E-state index contributed by atoms with van der Waals surface area (Å²) in [6.07, 6.45) is 0. The van der Waals surface area contributed by atoms with Gasteiger partial charge in [-0.2, -0.15) is 0 Å². The molecule has 0 aliphatic rings. The van der Waals surface area contributed by atoms with E-state index >= 15 is 0 Å². The van der Waals surface area contributed by atoms with Crippen molar-refractivity contribution in [3.8, 4) is 5.69 Å². The highest BCUT2D eigenvalue weighted by Gasteiger charge is 2.17. The Balaban J connectivity index is 2.35. The van der Waals surface area contributed by atoms with E-state index in [4.69, 9.17) is 11.6 Å². The highest BCUT2D eigenvalue weighted by molar-refractivity contribution is 6.20. The molecular weight excluding hydrogens is 301 g/mol. The molecular formula is C15H10ClF3N2. The first-order chi connectivity index (χ1) is 9.97. The van der Waals surface area contributed by atoms with Gasteiger partial charge in [0.1, 0.15) is 11.6 Å². The van der Waals surface area contributed by atoms with Gasteiger partial charge in [-0.3, -0.25) is 4.57 Å². The van der Waals surface area contributed by atoms with E-state index in [0.717, 1.165) is 12.1 Å². The van der Waals surface area contributed by atoms with Crippen LogP contribution in [0.1, 0.15) is 18.1 Å². The van der Waals surface area contributed by atoms with Crippen molar-refractivity contribution in [1.29, 1.82) is 0 Å². The van der Waals surface area contributed by atoms with E-state index in [0.29, 0.717) is 22.5 Å². The number of hydrogen-bond acceptors (Lipinski definition) is 1. The van der Waals surface area contributed by atoms with Crippen molar-refractivity contribution in [3.63, 3.8) is 0 Å². The van der Waals surface area contributed by atoms with Gasteiger partial charge >= 0.3 is 0 Å². The zero-order valence-corrected chi connectivity index (χ0v) is 11.7. The molecule has 1 atom stereocenters. The summed E-state index contributed by atoms with van der Waals surface area (Å²) in [5.74, 6) is -1.95. The largest absolute Gasteiger partial charge is 0.295 e. The molecule has 0 radical (unpaired) electrons. The fourth-order valence-corrected chi connectivity index (χ4v) is 2.38. The van der Waals surface area contributed by atoms with Crippen LogP contribution >= 0.6 is 11.6 Å². The molecule has 0 saturated carbocycles. The number of rotatable bonds is 2. The zero-order chi connectivity index (χ0) is 15.1. The first-order valence-electron chi connectivity index (χ1n) is 6.25. The number of halogens is 4. The second-order valence-electron chi connectivity index (χ2n) is 4.65. The average Bonchev–Trinajstić information content (AvgIpc) is 2.80. The normalized spacial score (nSPS) is 12.8. The molecule has 1 heterocycles. The molecule has 2 aromatic carbocycles. The van der Waals surface area contributed by atoms with E-state index in [2.05, 4.69) is 4.98 Å². The van der Waals surface area contributed by atoms with Crippen molar-refractivity contribution in [2.45, 2.75) is 12.3 Å². The van der Waals surface area contributed by atoms with Crippen LogP contribution < -0.4 is 0 Å². The molecule has 3 aromatic rings. The van der Waals surface area contributed by atoms with E-state index in [-0.39, 0.29) is 0 Å². The highest BCUT2D eigenvalue weighted by atomic mass is 35.5. The number of alkyl halides is 1. The third-order valence-corrected chi connectivity index (χ3v) is 3.35. The van der Waals surface area contributed by atoms with E-state index in [1.807, 2.05) is 0 Å². The molecule has 0 aliphatic carbocycles. The van der Waals surface area contributed by atoms with Gasteiger partial charge in [-0.05, 0) is 31.2 Å². The van der Waals surface area contributed by atoms with E-state index < -0.39 is 22.8 Å². The lowest BCUT2D eigenvalue weighted by Gasteiger charge is -2.11. The van der Waals surface area contributed by atoms with E-state index in [1.54, 1.807) is 6.92 Å². The molecule has 1 unspecified atom stereocenters. The van der Waals surface area contributed by atoms with Crippen LogP contribution in [0.3, 0.4) is 0 Å².